The molecule has 1 nitrogen and oxygen atoms in total. The smallest absolute Gasteiger partial charge is 0.0708 e. The van der Waals surface area contributed by atoms with Gasteiger partial charge < -0.3 is 0 Å². The van der Waals surface area contributed by atoms with Gasteiger partial charge in [-0.1, -0.05) is 67.3 Å². The quantitative estimate of drug-likeness (QED) is 0.639. The highest BCUT2D eigenvalue weighted by atomic mass is 14.7. The van der Waals surface area contributed by atoms with Gasteiger partial charge in [-0.2, -0.15) is 0 Å². The largest absolute Gasteiger partial charge is 0.256 e. The van der Waals surface area contributed by atoms with E-state index in [1.54, 1.807) is 0 Å². The molecule has 1 aromatic heterocycles. The Morgan fingerprint density at radius 1 is 0.750 bits per heavy atom. The van der Waals surface area contributed by atoms with Gasteiger partial charge in [0.1, 0.15) is 0 Å². The van der Waals surface area contributed by atoms with Crippen molar-refractivity contribution >= 4 is 6.08 Å². The van der Waals surface area contributed by atoms with Gasteiger partial charge in [0, 0.05) is 11.8 Å². The number of aromatic nitrogens is 1. The van der Waals surface area contributed by atoms with Crippen LogP contribution in [0.3, 0.4) is 0 Å². The monoisotopic (exact) mass is 257 g/mol. The van der Waals surface area contributed by atoms with E-state index in [-0.39, 0.29) is 0 Å². The van der Waals surface area contributed by atoms with Crippen LogP contribution >= 0.6 is 0 Å². The number of nitrogens with zero attached hydrogens (tertiary/aromatic N) is 1. The van der Waals surface area contributed by atoms with Gasteiger partial charge in [0.2, 0.25) is 0 Å². The zero-order chi connectivity index (χ0) is 13.8. The van der Waals surface area contributed by atoms with Crippen LogP contribution in [0.2, 0.25) is 0 Å². The first-order valence-electron chi connectivity index (χ1n) is 6.62. The maximum Gasteiger partial charge on any atom is 0.0708 e. The molecule has 0 fully saturated rings. The second kappa shape index (κ2) is 5.54. The second-order valence-electron chi connectivity index (χ2n) is 4.55. The van der Waals surface area contributed by atoms with Gasteiger partial charge in [0.05, 0.1) is 5.69 Å². The van der Waals surface area contributed by atoms with Gasteiger partial charge in [0.15, 0.2) is 0 Å². The number of hydrogen-bond donors (Lipinski definition) is 0. The zero-order valence-electron chi connectivity index (χ0n) is 11.2. The Hall–Kier alpha value is -2.67. The minimum Gasteiger partial charge on any atom is -0.256 e. The molecule has 0 N–H and O–H groups in total. The molecule has 3 aromatic rings. The summed E-state index contributed by atoms with van der Waals surface area (Å²) in [5.74, 6) is 0. The molecule has 0 saturated heterocycles. The molecule has 0 spiro atoms. The number of pyridine rings is 1. The van der Waals surface area contributed by atoms with Gasteiger partial charge in [-0.25, -0.2) is 0 Å². The van der Waals surface area contributed by atoms with E-state index in [2.05, 4.69) is 54.0 Å². The fraction of sp³-hybridized carbons (Fsp3) is 0. The van der Waals surface area contributed by atoms with Crippen molar-refractivity contribution in [3.8, 4) is 22.4 Å². The average molecular weight is 257 g/mol. The van der Waals surface area contributed by atoms with E-state index in [0.717, 1.165) is 16.8 Å². The first-order valence-corrected chi connectivity index (χ1v) is 6.62. The van der Waals surface area contributed by atoms with E-state index < -0.39 is 0 Å². The fourth-order valence-corrected chi connectivity index (χ4v) is 2.40. The molecule has 1 heterocycles. The molecule has 0 bridgehead atoms. The van der Waals surface area contributed by atoms with Crippen LogP contribution in [0.25, 0.3) is 28.5 Å². The third-order valence-electron chi connectivity index (χ3n) is 3.34. The lowest BCUT2D eigenvalue weighted by atomic mass is 9.94. The van der Waals surface area contributed by atoms with Gasteiger partial charge in [-0.15, -0.1) is 0 Å². The summed E-state index contributed by atoms with van der Waals surface area (Å²) >= 11 is 0. The molecule has 0 radical (unpaired) electrons. The van der Waals surface area contributed by atoms with E-state index in [1.165, 1.54) is 11.1 Å². The molecule has 1 heteroatoms. The molecule has 0 aliphatic heterocycles. The van der Waals surface area contributed by atoms with Crippen molar-refractivity contribution < 1.29 is 0 Å². The van der Waals surface area contributed by atoms with Crippen molar-refractivity contribution in [1.82, 2.24) is 4.98 Å². The molecule has 3 rings (SSSR count). The molecule has 0 aliphatic rings. The lowest BCUT2D eigenvalue weighted by Crippen LogP contribution is -1.90. The van der Waals surface area contributed by atoms with Crippen LogP contribution in [0.4, 0.5) is 0 Å². The minimum absolute atomic E-state index is 0.972. The third kappa shape index (κ3) is 2.26. The van der Waals surface area contributed by atoms with Gasteiger partial charge in [-0.3, -0.25) is 4.98 Å². The van der Waals surface area contributed by atoms with E-state index in [4.69, 9.17) is 0 Å². The fourth-order valence-electron chi connectivity index (χ4n) is 2.40. The van der Waals surface area contributed by atoms with E-state index in [9.17, 15) is 0 Å². The summed E-state index contributed by atoms with van der Waals surface area (Å²) in [6.45, 7) is 3.98. The van der Waals surface area contributed by atoms with E-state index >= 15 is 0 Å². The van der Waals surface area contributed by atoms with Gasteiger partial charge >= 0.3 is 0 Å². The van der Waals surface area contributed by atoms with Gasteiger partial charge in [0.25, 0.3) is 0 Å². The van der Waals surface area contributed by atoms with Crippen LogP contribution in [-0.2, 0) is 0 Å². The van der Waals surface area contributed by atoms with Gasteiger partial charge in [-0.05, 0) is 28.8 Å². The molecule has 0 amide bonds. The Labute approximate surface area is 119 Å². The van der Waals surface area contributed by atoms with Crippen molar-refractivity contribution in [3.05, 3.63) is 85.1 Å². The predicted molar refractivity (Wildman–Crippen MR) is 85.2 cm³/mol. The minimum atomic E-state index is 0.972. The first kappa shape index (κ1) is 12.4. The number of benzene rings is 2. The Balaban J connectivity index is 2.22. The molecule has 0 unspecified atom stereocenters. The molecular weight excluding hydrogens is 242 g/mol. The van der Waals surface area contributed by atoms with Crippen LogP contribution < -0.4 is 0 Å². The van der Waals surface area contributed by atoms with Crippen molar-refractivity contribution in [1.29, 1.82) is 0 Å². The van der Waals surface area contributed by atoms with Crippen molar-refractivity contribution in [3.63, 3.8) is 0 Å². The predicted octanol–water partition coefficient (Wildman–Crippen LogP) is 5.06. The summed E-state index contributed by atoms with van der Waals surface area (Å²) in [7, 11) is 0. The number of rotatable bonds is 3. The van der Waals surface area contributed by atoms with Crippen molar-refractivity contribution in [2.45, 2.75) is 0 Å². The molecule has 0 aliphatic carbocycles. The SMILES string of the molecule is C=Cc1c(-c2ccccc2)cccc1-c1ccccn1. The first-order chi connectivity index (χ1) is 9.90. The highest BCUT2D eigenvalue weighted by Gasteiger charge is 2.09. The summed E-state index contributed by atoms with van der Waals surface area (Å²) in [5.41, 5.74) is 5.59. The van der Waals surface area contributed by atoms with Crippen LogP contribution in [0.5, 0.6) is 0 Å². The highest BCUT2D eigenvalue weighted by molar-refractivity contribution is 5.84. The highest BCUT2D eigenvalue weighted by Crippen LogP contribution is 2.32. The summed E-state index contributed by atoms with van der Waals surface area (Å²) < 4.78 is 0. The summed E-state index contributed by atoms with van der Waals surface area (Å²) in [5, 5.41) is 0. The van der Waals surface area contributed by atoms with E-state index in [0.29, 0.717) is 0 Å². The standard InChI is InChI=1S/C19H15N/c1-2-16-17(15-9-4-3-5-10-15)11-8-12-18(16)19-13-6-7-14-20-19/h2-14H,1H2. The third-order valence-corrected chi connectivity index (χ3v) is 3.34. The normalized spacial score (nSPS) is 10.2. The van der Waals surface area contributed by atoms with Crippen LogP contribution in [0.1, 0.15) is 5.56 Å². The second-order valence-corrected chi connectivity index (χ2v) is 4.55. The van der Waals surface area contributed by atoms with Crippen molar-refractivity contribution in [2.75, 3.05) is 0 Å². The number of hydrogen-bond acceptors (Lipinski definition) is 1. The molecule has 2 aromatic carbocycles. The van der Waals surface area contributed by atoms with Crippen LogP contribution in [0, 0.1) is 0 Å². The van der Waals surface area contributed by atoms with Crippen LogP contribution in [-0.4, -0.2) is 4.98 Å². The van der Waals surface area contributed by atoms with Crippen LogP contribution in [0.15, 0.2) is 79.5 Å². The Morgan fingerprint density at radius 3 is 2.20 bits per heavy atom. The lowest BCUT2D eigenvalue weighted by molar-refractivity contribution is 1.32. The molecule has 0 atom stereocenters. The summed E-state index contributed by atoms with van der Waals surface area (Å²) in [6.07, 6.45) is 3.73. The molecule has 20 heavy (non-hydrogen) atoms. The Bertz CT molecular complexity index is 658. The summed E-state index contributed by atoms with van der Waals surface area (Å²) in [6, 6.07) is 22.6. The van der Waals surface area contributed by atoms with Crippen molar-refractivity contribution in [2.24, 2.45) is 0 Å². The molecular formula is C19H15N. The Morgan fingerprint density at radius 2 is 1.50 bits per heavy atom. The maximum atomic E-state index is 4.44. The molecule has 96 valence electrons. The average Bonchev–Trinajstić information content (AvgIpc) is 2.55. The zero-order valence-corrected chi connectivity index (χ0v) is 11.2. The lowest BCUT2D eigenvalue weighted by Gasteiger charge is -2.11. The Kier molecular flexibility index (Phi) is 3.42. The topological polar surface area (TPSA) is 12.9 Å². The van der Waals surface area contributed by atoms with E-state index in [1.807, 2.05) is 36.5 Å². The summed E-state index contributed by atoms with van der Waals surface area (Å²) in [4.78, 5) is 4.44. The maximum absolute atomic E-state index is 4.44. The molecule has 0 saturated carbocycles.